The number of likely N-dealkylation sites (N-methyl/N-ethyl adjacent to an activating group) is 1. The smallest absolute Gasteiger partial charge is 0.0991 e. The van der Waals surface area contributed by atoms with Gasteiger partial charge in [-0.1, -0.05) is 42.2 Å². The first kappa shape index (κ1) is 17.8. The standard InChI is InChI=1S/C20H24N2/c1-20(2,3)14-6-5-7-15-22(4)16-8-9-18-10-12-19(17-21)13-11-18/h5,7-13H,15-16H2,1-4H3/b7-5?,9-8+. The van der Waals surface area contributed by atoms with Gasteiger partial charge in [-0.05, 0) is 51.6 Å². The molecule has 0 aromatic heterocycles. The van der Waals surface area contributed by atoms with Crippen molar-refractivity contribution in [2.75, 3.05) is 20.1 Å². The van der Waals surface area contributed by atoms with Gasteiger partial charge in [-0.2, -0.15) is 5.26 Å². The van der Waals surface area contributed by atoms with Crippen LogP contribution in [-0.4, -0.2) is 25.0 Å². The zero-order chi connectivity index (χ0) is 16.4. The molecule has 0 spiro atoms. The van der Waals surface area contributed by atoms with E-state index in [-0.39, 0.29) is 5.41 Å². The molecule has 22 heavy (non-hydrogen) atoms. The largest absolute Gasteiger partial charge is 0.299 e. The molecule has 0 heterocycles. The summed E-state index contributed by atoms with van der Waals surface area (Å²) in [5.74, 6) is 6.25. The average Bonchev–Trinajstić information content (AvgIpc) is 2.46. The van der Waals surface area contributed by atoms with E-state index in [4.69, 9.17) is 5.26 Å². The van der Waals surface area contributed by atoms with Gasteiger partial charge in [-0.25, -0.2) is 0 Å². The lowest BCUT2D eigenvalue weighted by Crippen LogP contribution is -2.17. The normalized spacial score (nSPS) is 11.6. The minimum atomic E-state index is 0.0556. The molecule has 2 heteroatoms. The van der Waals surface area contributed by atoms with Gasteiger partial charge in [0.1, 0.15) is 0 Å². The summed E-state index contributed by atoms with van der Waals surface area (Å²) in [5.41, 5.74) is 1.86. The quantitative estimate of drug-likeness (QED) is 0.764. The van der Waals surface area contributed by atoms with Gasteiger partial charge in [0.15, 0.2) is 0 Å². The van der Waals surface area contributed by atoms with Crippen molar-refractivity contribution in [3.63, 3.8) is 0 Å². The molecule has 1 aromatic rings. The fourth-order valence-electron chi connectivity index (χ4n) is 1.66. The summed E-state index contributed by atoms with van der Waals surface area (Å²) >= 11 is 0. The number of allylic oxidation sites excluding steroid dienone is 1. The first-order valence-corrected chi connectivity index (χ1v) is 7.44. The number of rotatable bonds is 5. The molecule has 0 saturated heterocycles. The van der Waals surface area contributed by atoms with Gasteiger partial charge in [0.05, 0.1) is 11.6 Å². The molecular weight excluding hydrogens is 268 g/mol. The molecule has 0 saturated carbocycles. The first-order valence-electron chi connectivity index (χ1n) is 7.44. The van der Waals surface area contributed by atoms with E-state index in [1.807, 2.05) is 30.3 Å². The van der Waals surface area contributed by atoms with Gasteiger partial charge in [0, 0.05) is 18.5 Å². The number of hydrogen-bond donors (Lipinski definition) is 0. The minimum Gasteiger partial charge on any atom is -0.299 e. The molecule has 0 amide bonds. The summed E-state index contributed by atoms with van der Waals surface area (Å²) in [6.45, 7) is 8.06. The second-order valence-corrected chi connectivity index (χ2v) is 6.28. The van der Waals surface area contributed by atoms with Crippen LogP contribution in [0, 0.1) is 28.6 Å². The highest BCUT2D eigenvalue weighted by Crippen LogP contribution is 2.09. The van der Waals surface area contributed by atoms with Crippen molar-refractivity contribution in [3.8, 4) is 17.9 Å². The molecule has 0 aliphatic carbocycles. The molecular formula is C20H24N2. The number of nitrogens with zero attached hydrogens (tertiary/aromatic N) is 2. The van der Waals surface area contributed by atoms with Crippen molar-refractivity contribution in [1.29, 1.82) is 5.26 Å². The summed E-state index contributed by atoms with van der Waals surface area (Å²) in [6.07, 6.45) is 8.19. The van der Waals surface area contributed by atoms with Gasteiger partial charge in [-0.15, -0.1) is 0 Å². The lowest BCUT2D eigenvalue weighted by molar-refractivity contribution is 0.413. The van der Waals surface area contributed by atoms with E-state index in [0.29, 0.717) is 5.56 Å². The maximum atomic E-state index is 8.75. The van der Waals surface area contributed by atoms with Gasteiger partial charge < -0.3 is 0 Å². The molecule has 0 radical (unpaired) electrons. The van der Waals surface area contributed by atoms with Crippen molar-refractivity contribution in [1.82, 2.24) is 4.90 Å². The van der Waals surface area contributed by atoms with E-state index < -0.39 is 0 Å². The highest BCUT2D eigenvalue weighted by molar-refractivity contribution is 5.51. The molecule has 1 rings (SSSR count). The lowest BCUT2D eigenvalue weighted by atomic mass is 9.98. The van der Waals surface area contributed by atoms with Crippen LogP contribution < -0.4 is 0 Å². The molecule has 0 aliphatic heterocycles. The molecule has 0 atom stereocenters. The van der Waals surface area contributed by atoms with Crippen LogP contribution in [0.2, 0.25) is 0 Å². The highest BCUT2D eigenvalue weighted by atomic mass is 15.1. The minimum absolute atomic E-state index is 0.0556. The first-order chi connectivity index (χ1) is 10.4. The fourth-order valence-corrected chi connectivity index (χ4v) is 1.66. The van der Waals surface area contributed by atoms with Crippen LogP contribution in [-0.2, 0) is 0 Å². The summed E-state index contributed by atoms with van der Waals surface area (Å²) < 4.78 is 0. The van der Waals surface area contributed by atoms with E-state index in [0.717, 1.165) is 18.7 Å². The van der Waals surface area contributed by atoms with Crippen LogP contribution in [0.3, 0.4) is 0 Å². The van der Waals surface area contributed by atoms with Crippen molar-refractivity contribution in [3.05, 3.63) is 53.6 Å². The third-order valence-electron chi connectivity index (χ3n) is 2.83. The van der Waals surface area contributed by atoms with Gasteiger partial charge in [-0.3, -0.25) is 4.90 Å². The van der Waals surface area contributed by atoms with Crippen molar-refractivity contribution >= 4 is 6.08 Å². The third kappa shape index (κ3) is 8.10. The summed E-state index contributed by atoms with van der Waals surface area (Å²) in [6, 6.07) is 9.70. The zero-order valence-electron chi connectivity index (χ0n) is 13.9. The van der Waals surface area contributed by atoms with E-state index in [1.54, 1.807) is 0 Å². The lowest BCUT2D eigenvalue weighted by Gasteiger charge is -2.10. The maximum absolute atomic E-state index is 8.75. The molecule has 0 unspecified atom stereocenters. The third-order valence-corrected chi connectivity index (χ3v) is 2.83. The van der Waals surface area contributed by atoms with Crippen LogP contribution >= 0.6 is 0 Å². The number of hydrogen-bond acceptors (Lipinski definition) is 2. The Morgan fingerprint density at radius 3 is 2.32 bits per heavy atom. The number of benzene rings is 1. The Labute approximate surface area is 134 Å². The molecule has 2 nitrogen and oxygen atoms in total. The topological polar surface area (TPSA) is 27.0 Å². The molecule has 0 aliphatic rings. The molecule has 114 valence electrons. The van der Waals surface area contributed by atoms with Crippen LogP contribution in [0.1, 0.15) is 31.9 Å². The fraction of sp³-hybridized carbons (Fsp3) is 0.350. The van der Waals surface area contributed by atoms with Crippen LogP contribution in [0.4, 0.5) is 0 Å². The SMILES string of the molecule is CN(CC=CC#CC(C)(C)C)C/C=C/c1ccc(C#N)cc1. The van der Waals surface area contributed by atoms with Gasteiger partial charge in [0.2, 0.25) is 0 Å². The molecule has 0 fully saturated rings. The predicted octanol–water partition coefficient (Wildman–Crippen LogP) is 4.11. The van der Waals surface area contributed by atoms with E-state index >= 15 is 0 Å². The molecule has 1 aromatic carbocycles. The molecule has 0 N–H and O–H groups in total. The van der Waals surface area contributed by atoms with E-state index in [2.05, 4.69) is 68.9 Å². The summed E-state index contributed by atoms with van der Waals surface area (Å²) in [5, 5.41) is 8.75. The van der Waals surface area contributed by atoms with Crippen molar-refractivity contribution in [2.24, 2.45) is 5.41 Å². The maximum Gasteiger partial charge on any atom is 0.0991 e. The Balaban J connectivity index is 2.37. The summed E-state index contributed by atoms with van der Waals surface area (Å²) in [4.78, 5) is 2.20. The van der Waals surface area contributed by atoms with Crippen LogP contribution in [0.15, 0.2) is 42.5 Å². The van der Waals surface area contributed by atoms with Gasteiger partial charge in [0.25, 0.3) is 0 Å². The van der Waals surface area contributed by atoms with E-state index in [9.17, 15) is 0 Å². The van der Waals surface area contributed by atoms with Crippen molar-refractivity contribution < 1.29 is 0 Å². The van der Waals surface area contributed by atoms with Crippen molar-refractivity contribution in [2.45, 2.75) is 20.8 Å². The Hall–Kier alpha value is -2.29. The van der Waals surface area contributed by atoms with Crippen LogP contribution in [0.25, 0.3) is 6.08 Å². The zero-order valence-corrected chi connectivity index (χ0v) is 13.9. The van der Waals surface area contributed by atoms with Crippen LogP contribution in [0.5, 0.6) is 0 Å². The monoisotopic (exact) mass is 292 g/mol. The Bertz CT molecular complexity index is 611. The van der Waals surface area contributed by atoms with E-state index in [1.165, 1.54) is 0 Å². The second-order valence-electron chi connectivity index (χ2n) is 6.28. The molecule has 0 bridgehead atoms. The predicted molar refractivity (Wildman–Crippen MR) is 94.1 cm³/mol. The Morgan fingerprint density at radius 1 is 1.09 bits per heavy atom. The Kier molecular flexibility index (Phi) is 7.17. The highest BCUT2D eigenvalue weighted by Gasteiger charge is 2.02. The number of nitriles is 1. The Morgan fingerprint density at radius 2 is 1.73 bits per heavy atom. The second kappa shape index (κ2) is 8.88. The van der Waals surface area contributed by atoms with Gasteiger partial charge >= 0.3 is 0 Å². The average molecular weight is 292 g/mol. The summed E-state index contributed by atoms with van der Waals surface area (Å²) in [7, 11) is 2.07.